The standard InChI is InChI=1S/C23H25F3N2O2/c24-23(25,26)21-5-1-3-19(17-21)4-2-11-27-13-15-28(16-14-27)12-10-18-6-8-20(9-7-18)22(29)30/h1-9,17H,10-16H2,(H,29,30)/b4-2+. The average molecular weight is 418 g/mol. The van der Waals surface area contributed by atoms with E-state index in [9.17, 15) is 18.0 Å². The highest BCUT2D eigenvalue weighted by atomic mass is 19.4. The van der Waals surface area contributed by atoms with E-state index in [1.165, 1.54) is 6.07 Å². The van der Waals surface area contributed by atoms with Crippen LogP contribution in [0, 0.1) is 0 Å². The van der Waals surface area contributed by atoms with Crippen molar-refractivity contribution in [3.63, 3.8) is 0 Å². The molecule has 0 spiro atoms. The molecule has 2 aromatic rings. The third-order valence-corrected chi connectivity index (χ3v) is 5.27. The van der Waals surface area contributed by atoms with Crippen LogP contribution >= 0.6 is 0 Å². The van der Waals surface area contributed by atoms with Gasteiger partial charge < -0.3 is 10.0 Å². The van der Waals surface area contributed by atoms with Gasteiger partial charge in [0, 0.05) is 39.3 Å². The normalized spacial score (nSPS) is 16.2. The van der Waals surface area contributed by atoms with Crippen molar-refractivity contribution in [3.05, 3.63) is 76.9 Å². The summed E-state index contributed by atoms with van der Waals surface area (Å²) >= 11 is 0. The van der Waals surface area contributed by atoms with Crippen molar-refractivity contribution < 1.29 is 23.1 Å². The molecule has 1 fully saturated rings. The Hall–Kier alpha value is -2.64. The van der Waals surface area contributed by atoms with Crippen molar-refractivity contribution in [1.29, 1.82) is 0 Å². The van der Waals surface area contributed by atoms with Crippen LogP contribution in [0.2, 0.25) is 0 Å². The van der Waals surface area contributed by atoms with Crippen LogP contribution in [-0.2, 0) is 12.6 Å². The van der Waals surface area contributed by atoms with Crippen molar-refractivity contribution in [3.8, 4) is 0 Å². The highest BCUT2D eigenvalue weighted by Crippen LogP contribution is 2.29. The van der Waals surface area contributed by atoms with Crippen LogP contribution in [0.1, 0.15) is 27.0 Å². The van der Waals surface area contributed by atoms with E-state index in [0.717, 1.165) is 56.8 Å². The van der Waals surface area contributed by atoms with E-state index in [-0.39, 0.29) is 0 Å². The highest BCUT2D eigenvalue weighted by molar-refractivity contribution is 5.87. The number of piperazine rings is 1. The number of carbonyl (C=O) groups is 1. The first kappa shape index (κ1) is 22.1. The molecule has 0 unspecified atom stereocenters. The molecule has 0 aromatic heterocycles. The van der Waals surface area contributed by atoms with Gasteiger partial charge in [-0.3, -0.25) is 4.90 Å². The van der Waals surface area contributed by atoms with Crippen molar-refractivity contribution in [2.75, 3.05) is 39.3 Å². The molecule has 7 heteroatoms. The molecule has 0 atom stereocenters. The number of hydrogen-bond acceptors (Lipinski definition) is 3. The Labute approximate surface area is 174 Å². The third kappa shape index (κ3) is 6.43. The maximum absolute atomic E-state index is 12.8. The van der Waals surface area contributed by atoms with Crippen LogP contribution in [0.25, 0.3) is 6.08 Å². The molecule has 4 nitrogen and oxygen atoms in total. The zero-order valence-corrected chi connectivity index (χ0v) is 16.6. The quantitative estimate of drug-likeness (QED) is 0.729. The zero-order chi connectivity index (χ0) is 21.6. The molecule has 3 rings (SSSR count). The Morgan fingerprint density at radius 1 is 1.00 bits per heavy atom. The summed E-state index contributed by atoms with van der Waals surface area (Å²) in [4.78, 5) is 15.5. The Morgan fingerprint density at radius 3 is 2.30 bits per heavy atom. The number of nitrogens with zero attached hydrogens (tertiary/aromatic N) is 2. The predicted octanol–water partition coefficient (Wildman–Crippen LogP) is 4.28. The van der Waals surface area contributed by atoms with E-state index in [1.54, 1.807) is 24.3 Å². The van der Waals surface area contributed by atoms with Gasteiger partial charge in [-0.2, -0.15) is 13.2 Å². The lowest BCUT2D eigenvalue weighted by Gasteiger charge is -2.34. The molecule has 0 bridgehead atoms. The number of rotatable bonds is 7. The fourth-order valence-corrected chi connectivity index (χ4v) is 3.45. The first-order chi connectivity index (χ1) is 14.3. The Bertz CT molecular complexity index is 871. The monoisotopic (exact) mass is 418 g/mol. The minimum atomic E-state index is -4.32. The number of hydrogen-bond donors (Lipinski definition) is 1. The second-order valence-electron chi connectivity index (χ2n) is 7.42. The van der Waals surface area contributed by atoms with Crippen LogP contribution in [-0.4, -0.2) is 60.1 Å². The molecule has 30 heavy (non-hydrogen) atoms. The van der Waals surface area contributed by atoms with Gasteiger partial charge in [-0.1, -0.05) is 36.4 Å². The molecule has 0 radical (unpaired) electrons. The minimum Gasteiger partial charge on any atom is -0.478 e. The van der Waals surface area contributed by atoms with Crippen molar-refractivity contribution in [2.24, 2.45) is 0 Å². The molecule has 0 aliphatic carbocycles. The molecule has 160 valence electrons. The molecule has 1 saturated heterocycles. The lowest BCUT2D eigenvalue weighted by Crippen LogP contribution is -2.46. The molecule has 1 aliphatic heterocycles. The molecule has 1 N–H and O–H groups in total. The number of carboxylic acid groups (broad SMARTS) is 1. The molecule has 2 aromatic carbocycles. The first-order valence-electron chi connectivity index (χ1n) is 9.92. The third-order valence-electron chi connectivity index (χ3n) is 5.27. The second-order valence-corrected chi connectivity index (χ2v) is 7.42. The predicted molar refractivity (Wildman–Crippen MR) is 110 cm³/mol. The van der Waals surface area contributed by atoms with Gasteiger partial charge in [0.2, 0.25) is 0 Å². The van der Waals surface area contributed by atoms with Gasteiger partial charge in [-0.25, -0.2) is 4.79 Å². The average Bonchev–Trinajstić information content (AvgIpc) is 2.73. The van der Waals surface area contributed by atoms with Gasteiger partial charge in [0.25, 0.3) is 0 Å². The number of halogens is 3. The van der Waals surface area contributed by atoms with Crippen LogP contribution in [0.4, 0.5) is 13.2 Å². The summed E-state index contributed by atoms with van der Waals surface area (Å²) in [6.07, 6.45) is 0.200. The molecular weight excluding hydrogens is 393 g/mol. The number of benzene rings is 2. The van der Waals surface area contributed by atoms with Gasteiger partial charge in [0.15, 0.2) is 0 Å². The summed E-state index contributed by atoms with van der Waals surface area (Å²) in [5.41, 5.74) is 1.34. The summed E-state index contributed by atoms with van der Waals surface area (Å²) in [6.45, 7) is 5.31. The van der Waals surface area contributed by atoms with Gasteiger partial charge >= 0.3 is 12.1 Å². The lowest BCUT2D eigenvalue weighted by molar-refractivity contribution is -0.137. The van der Waals surface area contributed by atoms with Crippen LogP contribution < -0.4 is 0 Å². The molecular formula is C23H25F3N2O2. The van der Waals surface area contributed by atoms with E-state index in [2.05, 4.69) is 9.80 Å². The Balaban J connectivity index is 1.40. The van der Waals surface area contributed by atoms with Crippen LogP contribution in [0.3, 0.4) is 0 Å². The summed E-state index contributed by atoms with van der Waals surface area (Å²) in [6, 6.07) is 12.3. The summed E-state index contributed by atoms with van der Waals surface area (Å²) < 4.78 is 38.3. The van der Waals surface area contributed by atoms with E-state index in [0.29, 0.717) is 17.7 Å². The van der Waals surface area contributed by atoms with Gasteiger partial charge in [-0.05, 0) is 41.8 Å². The second kappa shape index (κ2) is 9.91. The fraction of sp³-hybridized carbons (Fsp3) is 0.348. The van der Waals surface area contributed by atoms with Gasteiger partial charge in [0.05, 0.1) is 11.1 Å². The van der Waals surface area contributed by atoms with E-state index in [1.807, 2.05) is 18.2 Å². The van der Waals surface area contributed by atoms with E-state index < -0.39 is 17.7 Å². The van der Waals surface area contributed by atoms with Gasteiger partial charge in [0.1, 0.15) is 0 Å². The highest BCUT2D eigenvalue weighted by Gasteiger charge is 2.30. The first-order valence-corrected chi connectivity index (χ1v) is 9.92. The summed E-state index contributed by atoms with van der Waals surface area (Å²) in [5, 5.41) is 8.94. The van der Waals surface area contributed by atoms with E-state index >= 15 is 0 Å². The maximum atomic E-state index is 12.8. The van der Waals surface area contributed by atoms with Crippen LogP contribution in [0.15, 0.2) is 54.6 Å². The summed E-state index contributed by atoms with van der Waals surface area (Å²) in [5.74, 6) is -0.917. The summed E-state index contributed by atoms with van der Waals surface area (Å²) in [7, 11) is 0. The largest absolute Gasteiger partial charge is 0.478 e. The Kier molecular flexibility index (Phi) is 7.29. The SMILES string of the molecule is O=C(O)c1ccc(CCN2CCN(C/C=C/c3cccc(C(F)(F)F)c3)CC2)cc1. The van der Waals surface area contributed by atoms with E-state index in [4.69, 9.17) is 5.11 Å². The number of aromatic carboxylic acids is 1. The van der Waals surface area contributed by atoms with Crippen molar-refractivity contribution >= 4 is 12.0 Å². The molecule has 0 amide bonds. The lowest BCUT2D eigenvalue weighted by atomic mass is 10.1. The smallest absolute Gasteiger partial charge is 0.416 e. The fourth-order valence-electron chi connectivity index (χ4n) is 3.45. The van der Waals surface area contributed by atoms with Gasteiger partial charge in [-0.15, -0.1) is 0 Å². The molecule has 1 aliphatic rings. The number of carboxylic acids is 1. The topological polar surface area (TPSA) is 43.8 Å². The van der Waals surface area contributed by atoms with Crippen molar-refractivity contribution in [2.45, 2.75) is 12.6 Å². The zero-order valence-electron chi connectivity index (χ0n) is 16.6. The van der Waals surface area contributed by atoms with Crippen molar-refractivity contribution in [1.82, 2.24) is 9.80 Å². The Morgan fingerprint density at radius 2 is 1.67 bits per heavy atom. The minimum absolute atomic E-state index is 0.297. The number of alkyl halides is 3. The molecule has 1 heterocycles. The van der Waals surface area contributed by atoms with Crippen LogP contribution in [0.5, 0.6) is 0 Å². The maximum Gasteiger partial charge on any atom is 0.416 e. The molecule has 0 saturated carbocycles.